The molecule has 0 amide bonds. The standard InChI is InChI=1S/C13H23N/c1-6-7-8-9-10(14)11-12(2,3)13(11,4)5/h1,10-11H,7-9,14H2,2-5H3. The molecular weight excluding hydrogens is 170 g/mol. The monoisotopic (exact) mass is 193 g/mol. The van der Waals surface area contributed by atoms with E-state index in [1.54, 1.807) is 0 Å². The fraction of sp³-hybridized carbons (Fsp3) is 0.846. The van der Waals surface area contributed by atoms with Crippen molar-refractivity contribution >= 4 is 0 Å². The Bertz CT molecular complexity index is 230. The molecule has 0 spiro atoms. The molecule has 80 valence electrons. The smallest absolute Gasteiger partial charge is 0.00866 e. The molecule has 2 N–H and O–H groups in total. The van der Waals surface area contributed by atoms with Crippen molar-refractivity contribution in [2.75, 3.05) is 0 Å². The van der Waals surface area contributed by atoms with Crippen molar-refractivity contribution in [1.82, 2.24) is 0 Å². The largest absolute Gasteiger partial charge is 0.327 e. The van der Waals surface area contributed by atoms with Gasteiger partial charge in [0, 0.05) is 12.5 Å². The van der Waals surface area contributed by atoms with Crippen LogP contribution in [0.5, 0.6) is 0 Å². The Balaban J connectivity index is 2.42. The van der Waals surface area contributed by atoms with Gasteiger partial charge in [-0.05, 0) is 29.6 Å². The van der Waals surface area contributed by atoms with Gasteiger partial charge in [-0.2, -0.15) is 0 Å². The molecule has 0 heterocycles. The molecule has 0 bridgehead atoms. The second-order valence-electron chi connectivity index (χ2n) is 5.68. The Hall–Kier alpha value is -0.480. The van der Waals surface area contributed by atoms with Gasteiger partial charge < -0.3 is 5.73 Å². The molecule has 0 saturated heterocycles. The zero-order chi connectivity index (χ0) is 11.0. The summed E-state index contributed by atoms with van der Waals surface area (Å²) >= 11 is 0. The summed E-state index contributed by atoms with van der Waals surface area (Å²) in [7, 11) is 0. The third-order valence-corrected chi connectivity index (χ3v) is 4.42. The number of nitrogens with two attached hydrogens (primary N) is 1. The van der Waals surface area contributed by atoms with Gasteiger partial charge in [0.05, 0.1) is 0 Å². The van der Waals surface area contributed by atoms with Crippen LogP contribution in [0.1, 0.15) is 47.0 Å². The average Bonchev–Trinajstić information content (AvgIpc) is 2.43. The van der Waals surface area contributed by atoms with Gasteiger partial charge in [-0.1, -0.05) is 27.7 Å². The van der Waals surface area contributed by atoms with Gasteiger partial charge in [-0.25, -0.2) is 0 Å². The van der Waals surface area contributed by atoms with Crippen LogP contribution in [0.15, 0.2) is 0 Å². The average molecular weight is 193 g/mol. The van der Waals surface area contributed by atoms with Crippen LogP contribution in [0.2, 0.25) is 0 Å². The van der Waals surface area contributed by atoms with Crippen LogP contribution >= 0.6 is 0 Å². The Morgan fingerprint density at radius 1 is 1.29 bits per heavy atom. The van der Waals surface area contributed by atoms with E-state index in [-0.39, 0.29) is 0 Å². The third kappa shape index (κ3) is 1.68. The maximum absolute atomic E-state index is 6.20. The quantitative estimate of drug-likeness (QED) is 0.539. The maximum atomic E-state index is 6.20. The number of rotatable bonds is 4. The molecule has 0 aromatic carbocycles. The molecule has 1 aliphatic rings. The van der Waals surface area contributed by atoms with Crippen LogP contribution in [0, 0.1) is 29.1 Å². The van der Waals surface area contributed by atoms with Crippen molar-refractivity contribution in [3.8, 4) is 12.3 Å². The lowest BCUT2D eigenvalue weighted by atomic mass is 10.00. The molecule has 1 heteroatoms. The molecule has 0 radical (unpaired) electrons. The Morgan fingerprint density at radius 2 is 1.79 bits per heavy atom. The van der Waals surface area contributed by atoms with Gasteiger partial charge in [-0.15, -0.1) is 12.3 Å². The van der Waals surface area contributed by atoms with Crippen LogP contribution in [0.4, 0.5) is 0 Å². The summed E-state index contributed by atoms with van der Waals surface area (Å²) in [5.74, 6) is 3.33. The molecule has 1 nitrogen and oxygen atoms in total. The normalized spacial score (nSPS) is 25.4. The summed E-state index contributed by atoms with van der Waals surface area (Å²) in [4.78, 5) is 0. The minimum absolute atomic E-state index is 0.327. The van der Waals surface area contributed by atoms with Crippen LogP contribution < -0.4 is 5.73 Å². The van der Waals surface area contributed by atoms with E-state index in [0.717, 1.165) is 19.3 Å². The fourth-order valence-corrected chi connectivity index (χ4v) is 2.92. The van der Waals surface area contributed by atoms with Crippen LogP contribution in [0.3, 0.4) is 0 Å². The number of unbranched alkanes of at least 4 members (excludes halogenated alkanes) is 1. The van der Waals surface area contributed by atoms with Gasteiger partial charge in [0.1, 0.15) is 0 Å². The minimum Gasteiger partial charge on any atom is -0.327 e. The van der Waals surface area contributed by atoms with E-state index in [4.69, 9.17) is 12.2 Å². The zero-order valence-corrected chi connectivity index (χ0v) is 9.93. The lowest BCUT2D eigenvalue weighted by Gasteiger charge is -2.12. The number of terminal acetylenes is 1. The van der Waals surface area contributed by atoms with Gasteiger partial charge >= 0.3 is 0 Å². The van der Waals surface area contributed by atoms with Crippen molar-refractivity contribution in [3.63, 3.8) is 0 Å². The molecule has 1 rings (SSSR count). The van der Waals surface area contributed by atoms with Crippen LogP contribution in [0.25, 0.3) is 0 Å². The van der Waals surface area contributed by atoms with Crippen molar-refractivity contribution < 1.29 is 0 Å². The Kier molecular flexibility index (Phi) is 2.97. The Morgan fingerprint density at radius 3 is 2.14 bits per heavy atom. The van der Waals surface area contributed by atoms with E-state index in [9.17, 15) is 0 Å². The summed E-state index contributed by atoms with van der Waals surface area (Å²) in [6, 6.07) is 0.327. The van der Waals surface area contributed by atoms with Gasteiger partial charge in [0.2, 0.25) is 0 Å². The first-order valence-corrected chi connectivity index (χ1v) is 5.54. The predicted octanol–water partition coefficient (Wildman–Crippen LogP) is 2.80. The van der Waals surface area contributed by atoms with E-state index in [1.165, 1.54) is 0 Å². The van der Waals surface area contributed by atoms with Gasteiger partial charge in [0.25, 0.3) is 0 Å². The molecule has 1 saturated carbocycles. The van der Waals surface area contributed by atoms with E-state index in [1.807, 2.05) is 0 Å². The Labute approximate surface area is 88.5 Å². The fourth-order valence-electron chi connectivity index (χ4n) is 2.92. The molecule has 1 unspecified atom stereocenters. The zero-order valence-electron chi connectivity index (χ0n) is 9.93. The van der Waals surface area contributed by atoms with Crippen molar-refractivity contribution in [2.45, 2.75) is 53.0 Å². The molecule has 14 heavy (non-hydrogen) atoms. The molecule has 0 aliphatic heterocycles. The van der Waals surface area contributed by atoms with E-state index >= 15 is 0 Å². The molecular formula is C13H23N. The van der Waals surface area contributed by atoms with E-state index in [0.29, 0.717) is 22.8 Å². The lowest BCUT2D eigenvalue weighted by Crippen LogP contribution is -2.25. The summed E-state index contributed by atoms with van der Waals surface area (Å²) in [5.41, 5.74) is 7.01. The maximum Gasteiger partial charge on any atom is 0.00866 e. The predicted molar refractivity (Wildman–Crippen MR) is 61.7 cm³/mol. The molecule has 1 fully saturated rings. The highest BCUT2D eigenvalue weighted by Crippen LogP contribution is 2.69. The second kappa shape index (κ2) is 3.59. The summed E-state index contributed by atoms with van der Waals surface area (Å²) < 4.78 is 0. The van der Waals surface area contributed by atoms with Crippen molar-refractivity contribution in [2.24, 2.45) is 22.5 Å². The third-order valence-electron chi connectivity index (χ3n) is 4.42. The van der Waals surface area contributed by atoms with E-state index < -0.39 is 0 Å². The van der Waals surface area contributed by atoms with Crippen LogP contribution in [-0.4, -0.2) is 6.04 Å². The highest BCUT2D eigenvalue weighted by molar-refractivity contribution is 5.15. The first-order valence-electron chi connectivity index (χ1n) is 5.54. The van der Waals surface area contributed by atoms with E-state index in [2.05, 4.69) is 33.6 Å². The van der Waals surface area contributed by atoms with Crippen molar-refractivity contribution in [1.29, 1.82) is 0 Å². The highest BCUT2D eigenvalue weighted by atomic mass is 14.8. The minimum atomic E-state index is 0.327. The lowest BCUT2D eigenvalue weighted by molar-refractivity contribution is 0.449. The topological polar surface area (TPSA) is 26.0 Å². The second-order valence-corrected chi connectivity index (χ2v) is 5.68. The molecule has 0 aromatic heterocycles. The molecule has 0 aromatic rings. The van der Waals surface area contributed by atoms with Crippen LogP contribution in [-0.2, 0) is 0 Å². The molecule has 1 atom stereocenters. The summed E-state index contributed by atoms with van der Waals surface area (Å²) in [6.07, 6.45) is 8.23. The van der Waals surface area contributed by atoms with Gasteiger partial charge in [-0.3, -0.25) is 0 Å². The summed E-state index contributed by atoms with van der Waals surface area (Å²) in [5, 5.41) is 0. The SMILES string of the molecule is C#CCCCC(N)C1C(C)(C)C1(C)C. The summed E-state index contributed by atoms with van der Waals surface area (Å²) in [6.45, 7) is 9.27. The van der Waals surface area contributed by atoms with Gasteiger partial charge in [0.15, 0.2) is 0 Å². The number of hydrogen-bond acceptors (Lipinski definition) is 1. The van der Waals surface area contributed by atoms with Crippen molar-refractivity contribution in [3.05, 3.63) is 0 Å². The number of hydrogen-bond donors (Lipinski definition) is 1. The first kappa shape index (κ1) is 11.6. The molecule has 1 aliphatic carbocycles. The first-order chi connectivity index (χ1) is 6.35. The highest BCUT2D eigenvalue weighted by Gasteiger charge is 2.66.